The van der Waals surface area contributed by atoms with Crippen molar-refractivity contribution in [2.45, 2.75) is 52.8 Å². The van der Waals surface area contributed by atoms with Gasteiger partial charge in [-0.15, -0.1) is 0 Å². The number of carbonyl (C=O) groups is 2. The molecular formula is C29H37F3N2O4. The number of alkyl halides is 3. The van der Waals surface area contributed by atoms with Crippen molar-refractivity contribution in [2.75, 3.05) is 32.8 Å². The van der Waals surface area contributed by atoms with Crippen molar-refractivity contribution in [1.82, 2.24) is 9.80 Å². The Kier molecular flexibility index (Phi) is 9.82. The number of carbonyl (C=O) groups excluding carboxylic acids is 1. The van der Waals surface area contributed by atoms with E-state index >= 15 is 0 Å². The number of hydrogen-bond acceptors (Lipinski definition) is 4. The smallest absolute Gasteiger partial charge is 0.490 e. The molecule has 0 bridgehead atoms. The number of amides is 1. The summed E-state index contributed by atoms with van der Waals surface area (Å²) >= 11 is 0. The zero-order valence-electron chi connectivity index (χ0n) is 22.3. The third kappa shape index (κ3) is 8.21. The second-order valence-electron chi connectivity index (χ2n) is 10.7. The minimum absolute atomic E-state index is 0.181. The number of halogens is 3. The standard InChI is InChI=1S/C27H36N2O2.C2HF3O2/c1-21(2)19-31-25-7-5-4-6-24(25)18-28-15-12-27(20-28)13-16-29(17-14-27)26(30)23-10-8-22(3)9-11-23;3-2(4,5)1(6)7/h4-11,21H,12-20H2,1-3H3;(H,6,7). The average molecular weight is 535 g/mol. The van der Waals surface area contributed by atoms with Crippen molar-refractivity contribution in [2.24, 2.45) is 11.3 Å². The summed E-state index contributed by atoms with van der Waals surface area (Å²) in [7, 11) is 0. The molecule has 1 amide bonds. The van der Waals surface area contributed by atoms with Crippen LogP contribution >= 0.6 is 0 Å². The van der Waals surface area contributed by atoms with E-state index in [2.05, 4.69) is 49.9 Å². The van der Waals surface area contributed by atoms with Crippen LogP contribution < -0.4 is 4.74 Å². The Bertz CT molecular complexity index is 1080. The monoisotopic (exact) mass is 534 g/mol. The van der Waals surface area contributed by atoms with Gasteiger partial charge in [0.05, 0.1) is 6.61 Å². The topological polar surface area (TPSA) is 70.1 Å². The van der Waals surface area contributed by atoms with Crippen molar-refractivity contribution < 1.29 is 32.6 Å². The predicted octanol–water partition coefficient (Wildman–Crippen LogP) is 5.79. The molecule has 0 atom stereocenters. The molecule has 0 radical (unpaired) electrons. The zero-order chi connectivity index (χ0) is 27.9. The van der Waals surface area contributed by atoms with Gasteiger partial charge in [0, 0.05) is 37.3 Å². The third-order valence-corrected chi connectivity index (χ3v) is 7.11. The van der Waals surface area contributed by atoms with Crippen LogP contribution in [0, 0.1) is 18.3 Å². The summed E-state index contributed by atoms with van der Waals surface area (Å²) in [5, 5.41) is 7.12. The maximum atomic E-state index is 12.9. The first-order valence-electron chi connectivity index (χ1n) is 13.0. The van der Waals surface area contributed by atoms with Crippen molar-refractivity contribution in [1.29, 1.82) is 0 Å². The molecule has 0 aliphatic carbocycles. The molecule has 38 heavy (non-hydrogen) atoms. The SMILES string of the molecule is Cc1ccc(C(=O)N2CCC3(CCN(Cc4ccccc4OCC(C)C)C3)CC2)cc1.O=C(O)C(F)(F)F. The van der Waals surface area contributed by atoms with Gasteiger partial charge in [0.25, 0.3) is 5.91 Å². The number of nitrogens with zero attached hydrogens (tertiary/aromatic N) is 2. The van der Waals surface area contributed by atoms with Gasteiger partial charge in [-0.2, -0.15) is 13.2 Å². The van der Waals surface area contributed by atoms with Crippen molar-refractivity contribution in [3.8, 4) is 5.75 Å². The Labute approximate surface area is 222 Å². The van der Waals surface area contributed by atoms with Crippen LogP contribution in [0.3, 0.4) is 0 Å². The van der Waals surface area contributed by atoms with E-state index in [1.165, 1.54) is 17.5 Å². The first kappa shape index (κ1) is 29.5. The fraction of sp³-hybridized carbons (Fsp3) is 0.517. The second kappa shape index (κ2) is 12.7. The van der Waals surface area contributed by atoms with Gasteiger partial charge < -0.3 is 14.7 Å². The van der Waals surface area contributed by atoms with Gasteiger partial charge in [-0.25, -0.2) is 4.79 Å². The largest absolute Gasteiger partial charge is 0.493 e. The number of aryl methyl sites for hydroxylation is 1. The lowest BCUT2D eigenvalue weighted by Gasteiger charge is -2.39. The Morgan fingerprint density at radius 3 is 2.16 bits per heavy atom. The van der Waals surface area contributed by atoms with E-state index < -0.39 is 12.1 Å². The molecule has 1 N–H and O–H groups in total. The van der Waals surface area contributed by atoms with Crippen LogP contribution in [-0.2, 0) is 11.3 Å². The lowest BCUT2D eigenvalue weighted by Crippen LogP contribution is -2.44. The van der Waals surface area contributed by atoms with Crippen molar-refractivity contribution in [3.05, 3.63) is 65.2 Å². The molecule has 1 spiro atoms. The zero-order valence-corrected chi connectivity index (χ0v) is 22.3. The van der Waals surface area contributed by atoms with Crippen LogP contribution in [0.25, 0.3) is 0 Å². The molecule has 208 valence electrons. The average Bonchev–Trinajstić information content (AvgIpc) is 3.25. The maximum absolute atomic E-state index is 12.9. The Morgan fingerprint density at radius 2 is 1.58 bits per heavy atom. The molecular weight excluding hydrogens is 497 g/mol. The van der Waals surface area contributed by atoms with Crippen LogP contribution in [0.1, 0.15) is 54.6 Å². The minimum Gasteiger partial charge on any atom is -0.493 e. The van der Waals surface area contributed by atoms with E-state index in [1.807, 2.05) is 29.2 Å². The van der Waals surface area contributed by atoms with Crippen LogP contribution in [-0.4, -0.2) is 65.7 Å². The van der Waals surface area contributed by atoms with E-state index in [1.54, 1.807) is 0 Å². The predicted molar refractivity (Wildman–Crippen MR) is 139 cm³/mol. The molecule has 2 aliphatic rings. The number of carboxylic acid groups (broad SMARTS) is 1. The number of aliphatic carboxylic acids is 1. The van der Waals surface area contributed by atoms with Crippen LogP contribution in [0.15, 0.2) is 48.5 Å². The number of likely N-dealkylation sites (tertiary alicyclic amines) is 2. The van der Waals surface area contributed by atoms with Crippen LogP contribution in [0.2, 0.25) is 0 Å². The first-order valence-corrected chi connectivity index (χ1v) is 13.0. The summed E-state index contributed by atoms with van der Waals surface area (Å²) in [5.74, 6) is -1.03. The normalized spacial score (nSPS) is 17.3. The molecule has 2 aromatic carbocycles. The molecule has 2 heterocycles. The molecule has 0 aromatic heterocycles. The van der Waals surface area contributed by atoms with Gasteiger partial charge in [0.15, 0.2) is 0 Å². The fourth-order valence-corrected chi connectivity index (χ4v) is 4.91. The molecule has 2 saturated heterocycles. The Balaban J connectivity index is 0.000000505. The number of hydrogen-bond donors (Lipinski definition) is 1. The van der Waals surface area contributed by atoms with Gasteiger partial charge in [-0.05, 0) is 62.3 Å². The third-order valence-electron chi connectivity index (χ3n) is 7.11. The van der Waals surface area contributed by atoms with Gasteiger partial charge in [0.1, 0.15) is 5.75 Å². The van der Waals surface area contributed by atoms with Crippen molar-refractivity contribution >= 4 is 11.9 Å². The highest BCUT2D eigenvalue weighted by molar-refractivity contribution is 5.94. The number of piperidine rings is 1. The van der Waals surface area contributed by atoms with E-state index in [9.17, 15) is 18.0 Å². The maximum Gasteiger partial charge on any atom is 0.490 e. The van der Waals surface area contributed by atoms with E-state index in [0.717, 1.165) is 63.5 Å². The molecule has 4 rings (SSSR count). The molecule has 6 nitrogen and oxygen atoms in total. The molecule has 2 fully saturated rings. The summed E-state index contributed by atoms with van der Waals surface area (Å²) < 4.78 is 37.8. The summed E-state index contributed by atoms with van der Waals surface area (Å²) in [4.78, 5) is 26.4. The molecule has 0 unspecified atom stereocenters. The lowest BCUT2D eigenvalue weighted by atomic mass is 9.77. The van der Waals surface area contributed by atoms with Gasteiger partial charge >= 0.3 is 12.1 Å². The van der Waals surface area contributed by atoms with E-state index in [-0.39, 0.29) is 5.91 Å². The highest BCUT2D eigenvalue weighted by Crippen LogP contribution is 2.41. The van der Waals surface area contributed by atoms with Crippen molar-refractivity contribution in [3.63, 3.8) is 0 Å². The quantitative estimate of drug-likeness (QED) is 0.508. The number of rotatable bonds is 6. The summed E-state index contributed by atoms with van der Waals surface area (Å²) in [6, 6.07) is 16.4. The molecule has 2 aliphatic heterocycles. The summed E-state index contributed by atoms with van der Waals surface area (Å²) in [6.07, 6.45) is -1.65. The number of para-hydroxylation sites is 1. The Morgan fingerprint density at radius 1 is 1.00 bits per heavy atom. The van der Waals surface area contributed by atoms with Gasteiger partial charge in [0.2, 0.25) is 0 Å². The minimum atomic E-state index is -5.08. The first-order chi connectivity index (χ1) is 17.9. The van der Waals surface area contributed by atoms with Gasteiger partial charge in [-0.1, -0.05) is 49.7 Å². The van der Waals surface area contributed by atoms with Crippen LogP contribution in [0.5, 0.6) is 5.75 Å². The number of ether oxygens (including phenoxy) is 1. The number of carboxylic acids is 1. The van der Waals surface area contributed by atoms with Gasteiger partial charge in [-0.3, -0.25) is 9.69 Å². The highest BCUT2D eigenvalue weighted by atomic mass is 19.4. The van der Waals surface area contributed by atoms with Crippen LogP contribution in [0.4, 0.5) is 13.2 Å². The molecule has 2 aromatic rings. The van der Waals surface area contributed by atoms with E-state index in [0.29, 0.717) is 11.3 Å². The second-order valence-corrected chi connectivity index (χ2v) is 10.7. The lowest BCUT2D eigenvalue weighted by molar-refractivity contribution is -0.192. The fourth-order valence-electron chi connectivity index (χ4n) is 4.91. The number of benzene rings is 2. The Hall–Kier alpha value is -3.07. The van der Waals surface area contributed by atoms with E-state index in [4.69, 9.17) is 14.6 Å². The highest BCUT2D eigenvalue weighted by Gasteiger charge is 2.41. The summed E-state index contributed by atoms with van der Waals surface area (Å²) in [5.41, 5.74) is 3.65. The molecule has 9 heteroatoms. The molecule has 0 saturated carbocycles. The summed E-state index contributed by atoms with van der Waals surface area (Å²) in [6.45, 7) is 12.1.